The fraction of sp³-hybridized carbons (Fsp3) is 0.222. The van der Waals surface area contributed by atoms with Gasteiger partial charge in [-0.3, -0.25) is 4.98 Å². The lowest BCUT2D eigenvalue weighted by Crippen LogP contribution is -2.21. The minimum atomic E-state index is 0.465. The van der Waals surface area contributed by atoms with Crippen molar-refractivity contribution in [3.8, 4) is 11.3 Å². The van der Waals surface area contributed by atoms with E-state index in [-0.39, 0.29) is 0 Å². The Morgan fingerprint density at radius 1 is 1.05 bits per heavy atom. The van der Waals surface area contributed by atoms with Gasteiger partial charge in [-0.15, -0.1) is 0 Å². The van der Waals surface area contributed by atoms with Gasteiger partial charge in [-0.05, 0) is 23.8 Å². The van der Waals surface area contributed by atoms with Crippen molar-refractivity contribution in [3.63, 3.8) is 0 Å². The van der Waals surface area contributed by atoms with Crippen LogP contribution in [0.5, 0.6) is 0 Å². The van der Waals surface area contributed by atoms with Gasteiger partial charge in [0.2, 0.25) is 0 Å². The van der Waals surface area contributed by atoms with Crippen molar-refractivity contribution in [2.75, 3.05) is 0 Å². The maximum Gasteiger partial charge on any atom is 0.0725 e. The molecule has 0 fully saturated rings. The number of para-hydroxylation sites is 1. The van der Waals surface area contributed by atoms with E-state index < -0.39 is 0 Å². The third-order valence-corrected chi connectivity index (χ3v) is 3.40. The second-order valence-corrected chi connectivity index (χ2v) is 5.51. The van der Waals surface area contributed by atoms with Crippen LogP contribution in [0.2, 0.25) is 0 Å². The second-order valence-electron chi connectivity index (χ2n) is 5.51. The summed E-state index contributed by atoms with van der Waals surface area (Å²) in [7, 11) is 0. The summed E-state index contributed by atoms with van der Waals surface area (Å²) in [5.74, 6) is 0. The van der Waals surface area contributed by atoms with E-state index in [0.717, 1.165) is 28.7 Å². The van der Waals surface area contributed by atoms with E-state index in [2.05, 4.69) is 48.4 Å². The average Bonchev–Trinajstić information content (AvgIpc) is 2.53. The van der Waals surface area contributed by atoms with Crippen molar-refractivity contribution >= 4 is 10.9 Å². The van der Waals surface area contributed by atoms with E-state index in [9.17, 15) is 0 Å². The number of hydrogen-bond acceptors (Lipinski definition) is 3. The highest BCUT2D eigenvalue weighted by molar-refractivity contribution is 5.81. The lowest BCUT2D eigenvalue weighted by molar-refractivity contribution is 0.588. The molecule has 2 aromatic heterocycles. The Morgan fingerprint density at radius 2 is 1.90 bits per heavy atom. The van der Waals surface area contributed by atoms with E-state index in [4.69, 9.17) is 4.98 Å². The summed E-state index contributed by atoms with van der Waals surface area (Å²) in [6.07, 6.45) is 3.77. The molecule has 3 rings (SSSR count). The minimum absolute atomic E-state index is 0.465. The molecule has 0 saturated heterocycles. The first-order valence-electron chi connectivity index (χ1n) is 7.26. The Morgan fingerprint density at radius 3 is 2.76 bits per heavy atom. The number of nitrogens with zero attached hydrogens (tertiary/aromatic N) is 2. The zero-order valence-corrected chi connectivity index (χ0v) is 12.4. The molecular formula is C18H19N3. The molecule has 0 aliphatic heterocycles. The van der Waals surface area contributed by atoms with Gasteiger partial charge in [-0.2, -0.15) is 0 Å². The molecule has 3 heteroatoms. The fourth-order valence-electron chi connectivity index (χ4n) is 2.27. The first-order chi connectivity index (χ1) is 10.2. The van der Waals surface area contributed by atoms with Gasteiger partial charge in [-0.25, -0.2) is 4.98 Å². The minimum Gasteiger partial charge on any atom is -0.310 e. The molecular weight excluding hydrogens is 258 g/mol. The predicted molar refractivity (Wildman–Crippen MR) is 86.9 cm³/mol. The van der Waals surface area contributed by atoms with Crippen LogP contribution >= 0.6 is 0 Å². The Balaban J connectivity index is 1.92. The van der Waals surface area contributed by atoms with Gasteiger partial charge in [0.15, 0.2) is 0 Å². The number of fused-ring (bicyclic) bond motifs is 1. The zero-order valence-electron chi connectivity index (χ0n) is 12.4. The van der Waals surface area contributed by atoms with Crippen molar-refractivity contribution < 1.29 is 0 Å². The van der Waals surface area contributed by atoms with Crippen LogP contribution in [-0.4, -0.2) is 16.0 Å². The summed E-state index contributed by atoms with van der Waals surface area (Å²) < 4.78 is 0. The molecule has 21 heavy (non-hydrogen) atoms. The SMILES string of the molecule is CC(C)NCc1cncc(-c2ccc3ccccc3n2)c1. The van der Waals surface area contributed by atoms with Gasteiger partial charge in [0.05, 0.1) is 11.2 Å². The van der Waals surface area contributed by atoms with E-state index in [1.54, 1.807) is 0 Å². The first kappa shape index (κ1) is 13.7. The van der Waals surface area contributed by atoms with E-state index in [1.165, 1.54) is 5.56 Å². The first-order valence-corrected chi connectivity index (χ1v) is 7.26. The second kappa shape index (κ2) is 6.02. The number of benzene rings is 1. The number of rotatable bonds is 4. The molecule has 0 saturated carbocycles. The maximum absolute atomic E-state index is 4.72. The summed E-state index contributed by atoms with van der Waals surface area (Å²) >= 11 is 0. The molecule has 0 unspecified atom stereocenters. The van der Waals surface area contributed by atoms with Crippen molar-refractivity contribution in [1.29, 1.82) is 0 Å². The zero-order chi connectivity index (χ0) is 14.7. The summed E-state index contributed by atoms with van der Waals surface area (Å²) in [6, 6.07) is 14.9. The number of aromatic nitrogens is 2. The van der Waals surface area contributed by atoms with Crippen LogP contribution in [0, 0.1) is 0 Å². The van der Waals surface area contributed by atoms with Crippen molar-refractivity contribution in [1.82, 2.24) is 15.3 Å². The van der Waals surface area contributed by atoms with E-state index >= 15 is 0 Å². The number of hydrogen-bond donors (Lipinski definition) is 1. The number of pyridine rings is 2. The smallest absolute Gasteiger partial charge is 0.0725 e. The van der Waals surface area contributed by atoms with Gasteiger partial charge < -0.3 is 5.32 Å². The highest BCUT2D eigenvalue weighted by Crippen LogP contribution is 2.21. The molecule has 0 aliphatic carbocycles. The summed E-state index contributed by atoms with van der Waals surface area (Å²) in [5.41, 5.74) is 4.22. The molecule has 0 atom stereocenters. The predicted octanol–water partition coefficient (Wildman–Crippen LogP) is 3.79. The molecule has 0 amide bonds. The standard InChI is InChI=1S/C18H19N3/c1-13(2)20-11-14-9-16(12-19-10-14)18-8-7-15-5-3-4-6-17(15)21-18/h3-10,12-13,20H,11H2,1-2H3. The third kappa shape index (κ3) is 3.26. The Hall–Kier alpha value is -2.26. The maximum atomic E-state index is 4.72. The fourth-order valence-corrected chi connectivity index (χ4v) is 2.27. The van der Waals surface area contributed by atoms with Crippen LogP contribution in [-0.2, 0) is 6.54 Å². The van der Waals surface area contributed by atoms with Gasteiger partial charge in [0.1, 0.15) is 0 Å². The third-order valence-electron chi connectivity index (χ3n) is 3.40. The van der Waals surface area contributed by atoms with Gasteiger partial charge in [-0.1, -0.05) is 38.1 Å². The molecule has 106 valence electrons. The molecule has 3 nitrogen and oxygen atoms in total. The largest absolute Gasteiger partial charge is 0.310 e. The Kier molecular flexibility index (Phi) is 3.93. The molecule has 2 heterocycles. The van der Waals surface area contributed by atoms with Crippen LogP contribution in [0.4, 0.5) is 0 Å². The van der Waals surface area contributed by atoms with Crippen LogP contribution in [0.25, 0.3) is 22.2 Å². The van der Waals surface area contributed by atoms with Crippen molar-refractivity contribution in [2.24, 2.45) is 0 Å². The molecule has 1 aromatic carbocycles. The summed E-state index contributed by atoms with van der Waals surface area (Å²) in [4.78, 5) is 9.06. The molecule has 0 aliphatic rings. The lowest BCUT2D eigenvalue weighted by Gasteiger charge is -2.09. The van der Waals surface area contributed by atoms with Gasteiger partial charge >= 0.3 is 0 Å². The topological polar surface area (TPSA) is 37.8 Å². The highest BCUT2D eigenvalue weighted by atomic mass is 14.9. The summed E-state index contributed by atoms with van der Waals surface area (Å²) in [5, 5.41) is 4.57. The Bertz CT molecular complexity index is 750. The van der Waals surface area contributed by atoms with Gasteiger partial charge in [0, 0.05) is 35.9 Å². The molecule has 0 spiro atoms. The van der Waals surface area contributed by atoms with E-state index in [0.29, 0.717) is 6.04 Å². The molecule has 3 aromatic rings. The monoisotopic (exact) mass is 277 g/mol. The quantitative estimate of drug-likeness (QED) is 0.788. The summed E-state index contributed by atoms with van der Waals surface area (Å²) in [6.45, 7) is 5.11. The Labute approximate surface area is 125 Å². The van der Waals surface area contributed by atoms with Crippen molar-refractivity contribution in [3.05, 3.63) is 60.4 Å². The van der Waals surface area contributed by atoms with E-state index in [1.807, 2.05) is 30.6 Å². The van der Waals surface area contributed by atoms with Crippen molar-refractivity contribution in [2.45, 2.75) is 26.4 Å². The van der Waals surface area contributed by atoms with Crippen LogP contribution < -0.4 is 5.32 Å². The molecule has 0 radical (unpaired) electrons. The molecule has 0 bridgehead atoms. The highest BCUT2D eigenvalue weighted by Gasteiger charge is 2.04. The average molecular weight is 277 g/mol. The van der Waals surface area contributed by atoms with Gasteiger partial charge in [0.25, 0.3) is 0 Å². The lowest BCUT2D eigenvalue weighted by atomic mass is 10.1. The van der Waals surface area contributed by atoms with Crippen LogP contribution in [0.1, 0.15) is 19.4 Å². The van der Waals surface area contributed by atoms with Crippen LogP contribution in [0.3, 0.4) is 0 Å². The normalized spacial score (nSPS) is 11.2. The van der Waals surface area contributed by atoms with Crippen LogP contribution in [0.15, 0.2) is 54.9 Å². The molecule has 1 N–H and O–H groups in total. The number of nitrogens with one attached hydrogen (secondary N) is 1.